The molecule has 4 nitrogen and oxygen atoms in total. The monoisotopic (exact) mass is 336 g/mol. The van der Waals surface area contributed by atoms with Crippen LogP contribution in [-0.2, 0) is 9.59 Å². The second-order valence-corrected chi connectivity index (χ2v) is 2.99. The standard InChI is InChI=1S/2C5H10O2.H2Te/c2*1-2-3-4-5(6)7;/h2*2-4H2,1H3,(H,6,7);1H2. The van der Waals surface area contributed by atoms with Gasteiger partial charge in [-0.25, -0.2) is 0 Å². The van der Waals surface area contributed by atoms with E-state index in [-0.39, 0.29) is 23.7 Å². The summed E-state index contributed by atoms with van der Waals surface area (Å²) in [6.07, 6.45) is 4.16. The van der Waals surface area contributed by atoms with Gasteiger partial charge in [0.2, 0.25) is 0 Å². The van der Waals surface area contributed by atoms with Gasteiger partial charge in [0.15, 0.2) is 0 Å². The normalized spacial score (nSPS) is 8.13. The third kappa shape index (κ3) is 31.6. The van der Waals surface area contributed by atoms with Gasteiger partial charge >= 0.3 is 35.6 Å². The predicted octanol–water partition coefficient (Wildman–Crippen LogP) is 1.61. The van der Waals surface area contributed by atoms with Crippen LogP contribution in [0.1, 0.15) is 52.4 Å². The molecule has 92 valence electrons. The second kappa shape index (κ2) is 16.2. The number of rotatable bonds is 6. The van der Waals surface area contributed by atoms with E-state index in [1.807, 2.05) is 13.8 Å². The van der Waals surface area contributed by atoms with Crippen LogP contribution in [0.15, 0.2) is 0 Å². The Kier molecular flexibility index (Phi) is 21.8. The zero-order chi connectivity index (χ0) is 11.4. The van der Waals surface area contributed by atoms with Gasteiger partial charge in [0, 0.05) is 12.8 Å². The van der Waals surface area contributed by atoms with Crippen LogP contribution in [-0.4, -0.2) is 45.8 Å². The fourth-order valence-electron chi connectivity index (χ4n) is 0.656. The van der Waals surface area contributed by atoms with Gasteiger partial charge < -0.3 is 10.2 Å². The average molecular weight is 334 g/mol. The van der Waals surface area contributed by atoms with E-state index in [4.69, 9.17) is 10.2 Å². The summed E-state index contributed by atoms with van der Waals surface area (Å²) in [7, 11) is 0. The first-order chi connectivity index (χ1) is 6.54. The SMILES string of the molecule is CCCCC(=O)O.CCCCC(=O)O.[TeH2]. The van der Waals surface area contributed by atoms with E-state index in [2.05, 4.69) is 0 Å². The van der Waals surface area contributed by atoms with E-state index in [0.717, 1.165) is 25.7 Å². The predicted molar refractivity (Wildman–Crippen MR) is 62.9 cm³/mol. The Morgan fingerprint density at radius 3 is 1.20 bits per heavy atom. The van der Waals surface area contributed by atoms with Crippen molar-refractivity contribution >= 4 is 35.6 Å². The zero-order valence-corrected chi connectivity index (χ0v) is 12.3. The molecule has 0 heterocycles. The Hall–Kier alpha value is -0.270. The molecule has 0 rings (SSSR count). The summed E-state index contributed by atoms with van der Waals surface area (Å²) in [6.45, 7) is 3.95. The Balaban J connectivity index is -0.000000180. The topological polar surface area (TPSA) is 74.6 Å². The van der Waals surface area contributed by atoms with Crippen LogP contribution >= 0.6 is 0 Å². The average Bonchev–Trinajstić information content (AvgIpc) is 2.12. The molecule has 0 aromatic carbocycles. The first-order valence-corrected chi connectivity index (χ1v) is 4.98. The van der Waals surface area contributed by atoms with Crippen molar-refractivity contribution in [2.24, 2.45) is 0 Å². The number of hydrogen-bond donors (Lipinski definition) is 2. The molecule has 5 heteroatoms. The van der Waals surface area contributed by atoms with Gasteiger partial charge in [-0.1, -0.05) is 26.7 Å². The van der Waals surface area contributed by atoms with Crippen molar-refractivity contribution in [3.05, 3.63) is 0 Å². The fraction of sp³-hybridized carbons (Fsp3) is 0.800. The van der Waals surface area contributed by atoms with E-state index in [1.54, 1.807) is 0 Å². The van der Waals surface area contributed by atoms with Crippen LogP contribution < -0.4 is 0 Å². The molecule has 0 saturated carbocycles. The first-order valence-electron chi connectivity index (χ1n) is 4.98. The molecular weight excluding hydrogens is 312 g/mol. The molecule has 0 radical (unpaired) electrons. The van der Waals surface area contributed by atoms with Crippen molar-refractivity contribution in [3.8, 4) is 0 Å². The van der Waals surface area contributed by atoms with Crippen molar-refractivity contribution in [1.29, 1.82) is 0 Å². The molecule has 0 aliphatic heterocycles. The number of aliphatic carboxylic acids is 2. The summed E-state index contributed by atoms with van der Waals surface area (Å²) < 4.78 is 0. The Bertz CT molecular complexity index is 142. The van der Waals surface area contributed by atoms with Crippen molar-refractivity contribution in [1.82, 2.24) is 0 Å². The third-order valence-corrected chi connectivity index (χ3v) is 1.49. The van der Waals surface area contributed by atoms with Crippen molar-refractivity contribution < 1.29 is 19.8 Å². The second-order valence-electron chi connectivity index (χ2n) is 2.99. The van der Waals surface area contributed by atoms with Crippen LogP contribution in [0.4, 0.5) is 0 Å². The minimum absolute atomic E-state index is 0. The van der Waals surface area contributed by atoms with E-state index in [0.29, 0.717) is 12.8 Å². The van der Waals surface area contributed by atoms with Gasteiger partial charge in [-0.05, 0) is 12.8 Å². The molecule has 0 saturated heterocycles. The Morgan fingerprint density at radius 2 is 1.13 bits per heavy atom. The molecule has 0 spiro atoms. The molecule has 15 heavy (non-hydrogen) atoms. The number of hydrogen-bond acceptors (Lipinski definition) is 2. The van der Waals surface area contributed by atoms with Crippen LogP contribution in [0, 0.1) is 0 Å². The molecule has 0 unspecified atom stereocenters. The van der Waals surface area contributed by atoms with E-state index >= 15 is 0 Å². The number of carboxylic acids is 2. The van der Waals surface area contributed by atoms with Crippen LogP contribution in [0.25, 0.3) is 0 Å². The van der Waals surface area contributed by atoms with Gasteiger partial charge in [0.05, 0.1) is 0 Å². The van der Waals surface area contributed by atoms with Crippen LogP contribution in [0.5, 0.6) is 0 Å². The van der Waals surface area contributed by atoms with E-state index < -0.39 is 11.9 Å². The first kappa shape index (κ1) is 20.2. The summed E-state index contributed by atoms with van der Waals surface area (Å²) in [5, 5.41) is 16.1. The quantitative estimate of drug-likeness (QED) is 0.724. The Labute approximate surface area is 108 Å². The van der Waals surface area contributed by atoms with Gasteiger partial charge in [-0.2, -0.15) is 0 Å². The zero-order valence-electron chi connectivity index (χ0n) is 9.45. The number of carboxylic acid groups (broad SMARTS) is 2. The van der Waals surface area contributed by atoms with E-state index in [9.17, 15) is 9.59 Å². The van der Waals surface area contributed by atoms with Crippen molar-refractivity contribution in [2.75, 3.05) is 0 Å². The Morgan fingerprint density at radius 1 is 0.867 bits per heavy atom. The fourth-order valence-corrected chi connectivity index (χ4v) is 0.656. The summed E-state index contributed by atoms with van der Waals surface area (Å²) in [6, 6.07) is 0. The van der Waals surface area contributed by atoms with Gasteiger partial charge in [-0.15, -0.1) is 0 Å². The van der Waals surface area contributed by atoms with E-state index in [1.165, 1.54) is 0 Å². The molecule has 0 fully saturated rings. The van der Waals surface area contributed by atoms with Gasteiger partial charge in [0.25, 0.3) is 0 Å². The molecule has 0 atom stereocenters. The maximum absolute atomic E-state index is 9.76. The maximum atomic E-state index is 9.76. The number of carbonyl (C=O) groups is 2. The summed E-state index contributed by atoms with van der Waals surface area (Å²) in [5.74, 6) is -1.39. The molecule has 0 aliphatic carbocycles. The van der Waals surface area contributed by atoms with Crippen LogP contribution in [0.2, 0.25) is 0 Å². The molecule has 0 bridgehead atoms. The summed E-state index contributed by atoms with van der Waals surface area (Å²) >= 11 is 0. The van der Waals surface area contributed by atoms with Crippen molar-refractivity contribution in [3.63, 3.8) is 0 Å². The van der Waals surface area contributed by atoms with Gasteiger partial charge in [-0.3, -0.25) is 9.59 Å². The number of unbranched alkanes of at least 4 members (excludes halogenated alkanes) is 2. The van der Waals surface area contributed by atoms with Crippen LogP contribution in [0.3, 0.4) is 0 Å². The molecule has 2 N–H and O–H groups in total. The minimum atomic E-state index is -0.693. The molecule has 0 aliphatic rings. The summed E-state index contributed by atoms with van der Waals surface area (Å²) in [5.41, 5.74) is 0. The molecule has 0 amide bonds. The summed E-state index contributed by atoms with van der Waals surface area (Å²) in [4.78, 5) is 19.5. The molecular formula is C10H22O4Te. The van der Waals surface area contributed by atoms with Gasteiger partial charge in [0.1, 0.15) is 0 Å². The molecule has 0 aromatic rings. The van der Waals surface area contributed by atoms with Crippen molar-refractivity contribution in [2.45, 2.75) is 52.4 Å². The molecule has 0 aromatic heterocycles. The third-order valence-electron chi connectivity index (χ3n) is 1.49.